The Labute approximate surface area is 132 Å². The van der Waals surface area contributed by atoms with E-state index in [-0.39, 0.29) is 19.1 Å². The van der Waals surface area contributed by atoms with E-state index in [1.807, 2.05) is 26.0 Å². The first-order valence-corrected chi connectivity index (χ1v) is 7.62. The zero-order valence-corrected chi connectivity index (χ0v) is 13.6. The number of hydrogen-bond acceptors (Lipinski definition) is 3. The normalized spacial score (nSPS) is 21.3. The zero-order chi connectivity index (χ0) is 15.6. The molecule has 1 aromatic carbocycles. The predicted octanol–water partition coefficient (Wildman–Crippen LogP) is 2.32. The van der Waals surface area contributed by atoms with Crippen LogP contribution in [0, 0.1) is 12.8 Å². The van der Waals surface area contributed by atoms with Gasteiger partial charge < -0.3 is 14.7 Å². The van der Waals surface area contributed by atoms with Gasteiger partial charge in [0.25, 0.3) is 5.91 Å². The van der Waals surface area contributed by atoms with Gasteiger partial charge in [-0.25, -0.2) is 0 Å². The van der Waals surface area contributed by atoms with E-state index in [1.165, 1.54) is 0 Å². The van der Waals surface area contributed by atoms with Crippen LogP contribution in [0.25, 0.3) is 0 Å². The van der Waals surface area contributed by atoms with E-state index in [1.54, 1.807) is 11.0 Å². The molecule has 2 rings (SSSR count). The summed E-state index contributed by atoms with van der Waals surface area (Å²) in [6.07, 6.45) is 0. The van der Waals surface area contributed by atoms with Crippen LogP contribution in [0.5, 0.6) is 0 Å². The molecule has 2 unspecified atom stereocenters. The summed E-state index contributed by atoms with van der Waals surface area (Å²) >= 11 is 3.39. The first-order valence-electron chi connectivity index (χ1n) is 6.83. The van der Waals surface area contributed by atoms with Crippen molar-refractivity contribution >= 4 is 27.8 Å². The average Bonchev–Trinajstić information content (AvgIpc) is 2.91. The van der Waals surface area contributed by atoms with Crippen molar-refractivity contribution in [3.63, 3.8) is 0 Å². The number of likely N-dealkylation sites (N-methyl/N-ethyl adjacent to an activating group) is 1. The molecule has 1 aliphatic heterocycles. The van der Waals surface area contributed by atoms with Gasteiger partial charge in [0.15, 0.2) is 0 Å². The highest BCUT2D eigenvalue weighted by Gasteiger charge is 2.39. The largest absolute Gasteiger partial charge is 0.481 e. The Morgan fingerprint density at radius 2 is 2.14 bits per heavy atom. The summed E-state index contributed by atoms with van der Waals surface area (Å²) in [7, 11) is 0. The maximum Gasteiger partial charge on any atom is 0.311 e. The number of rotatable bonds is 4. The number of carbonyl (C=O) groups is 2. The number of hydrogen-bond donors (Lipinski definition) is 1. The minimum absolute atomic E-state index is 0.152. The zero-order valence-electron chi connectivity index (χ0n) is 12.0. The van der Waals surface area contributed by atoms with E-state index in [0.717, 1.165) is 5.56 Å². The van der Waals surface area contributed by atoms with E-state index in [2.05, 4.69) is 15.9 Å². The van der Waals surface area contributed by atoms with Gasteiger partial charge in [-0.3, -0.25) is 9.59 Å². The summed E-state index contributed by atoms with van der Waals surface area (Å²) < 4.78 is 5.98. The molecule has 1 saturated heterocycles. The highest BCUT2D eigenvalue weighted by Crippen LogP contribution is 2.25. The molecule has 0 radical (unpaired) electrons. The topological polar surface area (TPSA) is 66.8 Å². The van der Waals surface area contributed by atoms with Gasteiger partial charge in [-0.1, -0.05) is 11.6 Å². The molecule has 1 N–H and O–H groups in total. The van der Waals surface area contributed by atoms with Gasteiger partial charge in [0, 0.05) is 11.0 Å². The molecular formula is C15H18BrNO4. The van der Waals surface area contributed by atoms with Crippen LogP contribution < -0.4 is 0 Å². The summed E-state index contributed by atoms with van der Waals surface area (Å²) in [6, 6.07) is 5.12. The second-order valence-corrected chi connectivity index (χ2v) is 5.98. The molecule has 1 heterocycles. The fourth-order valence-electron chi connectivity index (χ4n) is 2.57. The van der Waals surface area contributed by atoms with Crippen LogP contribution in [0.15, 0.2) is 22.7 Å². The van der Waals surface area contributed by atoms with Crippen LogP contribution in [0.3, 0.4) is 0 Å². The summed E-state index contributed by atoms with van der Waals surface area (Å²) in [5, 5.41) is 9.25. The number of aliphatic carboxylic acids is 1. The monoisotopic (exact) mass is 355 g/mol. The van der Waals surface area contributed by atoms with Crippen LogP contribution >= 0.6 is 15.9 Å². The number of ether oxygens (including phenoxy) is 1. The minimum Gasteiger partial charge on any atom is -0.481 e. The second kappa shape index (κ2) is 6.58. The van der Waals surface area contributed by atoms with Crippen molar-refractivity contribution in [3.8, 4) is 0 Å². The molecule has 6 heteroatoms. The lowest BCUT2D eigenvalue weighted by Crippen LogP contribution is -2.46. The Morgan fingerprint density at radius 1 is 1.43 bits per heavy atom. The second-order valence-electron chi connectivity index (χ2n) is 5.12. The average molecular weight is 356 g/mol. The molecule has 2 atom stereocenters. The Bertz CT molecular complexity index is 561. The van der Waals surface area contributed by atoms with Crippen LogP contribution in [-0.2, 0) is 9.53 Å². The van der Waals surface area contributed by atoms with Crippen LogP contribution in [0.1, 0.15) is 22.8 Å². The fourth-order valence-corrected chi connectivity index (χ4v) is 2.99. The van der Waals surface area contributed by atoms with E-state index in [0.29, 0.717) is 16.6 Å². The number of carboxylic acid groups (broad SMARTS) is 1. The third kappa shape index (κ3) is 3.27. The Balaban J connectivity index is 2.30. The number of amides is 1. The lowest BCUT2D eigenvalue weighted by atomic mass is 10.0. The van der Waals surface area contributed by atoms with Gasteiger partial charge in [-0.05, 0) is 41.9 Å². The van der Waals surface area contributed by atoms with Crippen molar-refractivity contribution in [2.24, 2.45) is 5.92 Å². The van der Waals surface area contributed by atoms with Crippen molar-refractivity contribution in [3.05, 3.63) is 33.8 Å². The van der Waals surface area contributed by atoms with Crippen molar-refractivity contribution < 1.29 is 19.4 Å². The molecular weight excluding hydrogens is 338 g/mol. The molecule has 1 aliphatic rings. The molecule has 1 fully saturated rings. The van der Waals surface area contributed by atoms with E-state index < -0.39 is 17.9 Å². The molecule has 1 amide bonds. The number of nitrogens with zero attached hydrogens (tertiary/aromatic N) is 1. The van der Waals surface area contributed by atoms with Gasteiger partial charge in [0.1, 0.15) is 5.92 Å². The summed E-state index contributed by atoms with van der Waals surface area (Å²) in [6.45, 7) is 4.62. The SMILES string of the molecule is CCN(C(=O)c1cc(C)ccc1Br)C1COCC1C(=O)O. The first kappa shape index (κ1) is 16.0. The van der Waals surface area contributed by atoms with Crippen LogP contribution in [0.4, 0.5) is 0 Å². The Morgan fingerprint density at radius 3 is 2.76 bits per heavy atom. The number of carboxylic acids is 1. The molecule has 0 aromatic heterocycles. The van der Waals surface area contributed by atoms with Gasteiger partial charge >= 0.3 is 5.97 Å². The summed E-state index contributed by atoms with van der Waals surface area (Å²) in [5.41, 5.74) is 1.53. The molecule has 0 aliphatic carbocycles. The van der Waals surface area contributed by atoms with Crippen molar-refractivity contribution in [2.45, 2.75) is 19.9 Å². The van der Waals surface area contributed by atoms with Gasteiger partial charge in [-0.15, -0.1) is 0 Å². The fraction of sp³-hybridized carbons (Fsp3) is 0.467. The van der Waals surface area contributed by atoms with Crippen molar-refractivity contribution in [1.29, 1.82) is 0 Å². The number of benzene rings is 1. The lowest BCUT2D eigenvalue weighted by Gasteiger charge is -2.29. The molecule has 0 bridgehead atoms. The summed E-state index contributed by atoms with van der Waals surface area (Å²) in [5.74, 6) is -1.76. The van der Waals surface area contributed by atoms with Gasteiger partial charge in [0.2, 0.25) is 0 Å². The molecule has 0 saturated carbocycles. The lowest BCUT2D eigenvalue weighted by molar-refractivity contribution is -0.142. The van der Waals surface area contributed by atoms with Gasteiger partial charge in [0.05, 0.1) is 24.8 Å². The third-order valence-electron chi connectivity index (χ3n) is 3.72. The molecule has 5 nitrogen and oxygen atoms in total. The van der Waals surface area contributed by atoms with Crippen LogP contribution in [0.2, 0.25) is 0 Å². The Hall–Kier alpha value is -1.40. The minimum atomic E-state index is -0.924. The Kier molecular flexibility index (Phi) is 5.00. The van der Waals surface area contributed by atoms with E-state index in [9.17, 15) is 14.7 Å². The quantitative estimate of drug-likeness (QED) is 0.899. The maximum absolute atomic E-state index is 12.8. The van der Waals surface area contributed by atoms with Crippen molar-refractivity contribution in [2.75, 3.05) is 19.8 Å². The summed E-state index contributed by atoms with van der Waals surface area (Å²) in [4.78, 5) is 25.6. The van der Waals surface area contributed by atoms with Crippen LogP contribution in [-0.4, -0.2) is 47.7 Å². The van der Waals surface area contributed by atoms with Crippen molar-refractivity contribution in [1.82, 2.24) is 4.90 Å². The molecule has 0 spiro atoms. The number of halogens is 1. The molecule has 21 heavy (non-hydrogen) atoms. The molecule has 1 aromatic rings. The number of aryl methyl sites for hydroxylation is 1. The van der Waals surface area contributed by atoms with Gasteiger partial charge in [-0.2, -0.15) is 0 Å². The predicted molar refractivity (Wildman–Crippen MR) is 81.3 cm³/mol. The molecule has 114 valence electrons. The first-order chi connectivity index (χ1) is 9.95. The standard InChI is InChI=1S/C15H18BrNO4/c1-3-17(13-8-21-7-11(13)15(19)20)14(18)10-6-9(2)4-5-12(10)16/h4-6,11,13H,3,7-8H2,1-2H3,(H,19,20). The van der Waals surface area contributed by atoms with E-state index in [4.69, 9.17) is 4.74 Å². The maximum atomic E-state index is 12.8. The third-order valence-corrected chi connectivity index (χ3v) is 4.41. The number of carbonyl (C=O) groups excluding carboxylic acids is 1. The highest BCUT2D eigenvalue weighted by molar-refractivity contribution is 9.10. The van der Waals surface area contributed by atoms with E-state index >= 15 is 0 Å². The highest BCUT2D eigenvalue weighted by atomic mass is 79.9. The smallest absolute Gasteiger partial charge is 0.311 e.